The molecular weight excluding hydrogens is 364 g/mol. The highest BCUT2D eigenvalue weighted by Gasteiger charge is 2.34. The molecule has 0 aromatic rings. The molecule has 1 aliphatic heterocycles. The zero-order valence-electron chi connectivity index (χ0n) is 6.98. The number of alkyl halides is 2. The largest absolute Gasteiger partial charge is 0.312 e. The minimum atomic E-state index is 0.752. The van der Waals surface area contributed by atoms with Gasteiger partial charge in [0, 0.05) is 20.4 Å². The van der Waals surface area contributed by atoms with Crippen molar-refractivity contribution in [2.75, 3.05) is 6.54 Å². The predicted molar refractivity (Wildman–Crippen MR) is 66.9 cm³/mol. The van der Waals surface area contributed by atoms with Crippen molar-refractivity contribution in [1.82, 2.24) is 5.32 Å². The summed E-state index contributed by atoms with van der Waals surface area (Å²) in [5.74, 6) is 0.830. The fraction of sp³-hybridized carbons (Fsp3) is 1.00. The van der Waals surface area contributed by atoms with E-state index in [-0.39, 0.29) is 0 Å². The molecular formula is C8H15I2N. The van der Waals surface area contributed by atoms with Crippen LogP contribution in [-0.2, 0) is 0 Å². The van der Waals surface area contributed by atoms with Crippen molar-refractivity contribution in [3.63, 3.8) is 0 Å². The molecule has 11 heavy (non-hydrogen) atoms. The second-order valence-corrected chi connectivity index (χ2v) is 6.32. The molecule has 0 saturated carbocycles. The highest BCUT2D eigenvalue weighted by molar-refractivity contribution is 14.1. The van der Waals surface area contributed by atoms with E-state index < -0.39 is 0 Å². The molecule has 2 unspecified atom stereocenters. The predicted octanol–water partition coefficient (Wildman–Crippen LogP) is 2.61. The topological polar surface area (TPSA) is 12.0 Å². The van der Waals surface area contributed by atoms with Crippen molar-refractivity contribution in [3.05, 3.63) is 0 Å². The number of nitrogens with one attached hydrogen (secondary N) is 1. The van der Waals surface area contributed by atoms with Crippen LogP contribution in [0.25, 0.3) is 0 Å². The van der Waals surface area contributed by atoms with Crippen molar-refractivity contribution >= 4 is 45.2 Å². The normalized spacial score (nSPS) is 40.9. The van der Waals surface area contributed by atoms with Gasteiger partial charge in [-0.15, -0.1) is 0 Å². The molecule has 0 aliphatic carbocycles. The van der Waals surface area contributed by atoms with E-state index in [0.29, 0.717) is 0 Å². The van der Waals surface area contributed by atoms with Gasteiger partial charge >= 0.3 is 0 Å². The van der Waals surface area contributed by atoms with Crippen molar-refractivity contribution in [2.45, 2.75) is 34.2 Å². The first-order valence-electron chi connectivity index (χ1n) is 4.18. The van der Waals surface area contributed by atoms with Crippen LogP contribution in [-0.4, -0.2) is 20.4 Å². The summed E-state index contributed by atoms with van der Waals surface area (Å²) in [6.45, 7) is 5.82. The number of hydrogen-bond acceptors (Lipinski definition) is 1. The van der Waals surface area contributed by atoms with Crippen LogP contribution in [0.15, 0.2) is 0 Å². The fourth-order valence-electron chi connectivity index (χ4n) is 1.47. The summed E-state index contributed by atoms with van der Waals surface area (Å²) in [5, 5.41) is 3.59. The van der Waals surface area contributed by atoms with Gasteiger partial charge in [0.15, 0.2) is 0 Å². The number of hydrogen-bond donors (Lipinski definition) is 1. The summed E-state index contributed by atoms with van der Waals surface area (Å²) >= 11 is 5.14. The monoisotopic (exact) mass is 379 g/mol. The van der Waals surface area contributed by atoms with Crippen LogP contribution in [0, 0.1) is 5.92 Å². The van der Waals surface area contributed by atoms with E-state index in [4.69, 9.17) is 0 Å². The molecule has 1 nitrogen and oxygen atoms in total. The first-order valence-corrected chi connectivity index (χ1v) is 6.67. The average molecular weight is 379 g/mol. The zero-order chi connectivity index (χ0) is 8.43. The van der Waals surface area contributed by atoms with Crippen LogP contribution < -0.4 is 5.32 Å². The van der Waals surface area contributed by atoms with E-state index in [1.54, 1.807) is 0 Å². The zero-order valence-corrected chi connectivity index (χ0v) is 11.3. The van der Waals surface area contributed by atoms with Gasteiger partial charge in [0.2, 0.25) is 0 Å². The summed E-state index contributed by atoms with van der Waals surface area (Å²) in [6.07, 6.45) is 1.29. The van der Waals surface area contributed by atoms with Gasteiger partial charge in [-0.2, -0.15) is 0 Å². The Morgan fingerprint density at radius 2 is 2.18 bits per heavy atom. The summed E-state index contributed by atoms with van der Waals surface area (Å²) in [6, 6.07) is 0.752. The molecule has 1 aliphatic rings. The maximum absolute atomic E-state index is 3.59. The molecule has 4 atom stereocenters. The Hall–Kier alpha value is 1.42. The van der Waals surface area contributed by atoms with E-state index in [1.165, 1.54) is 13.0 Å². The number of halogens is 2. The molecule has 1 heterocycles. The highest BCUT2D eigenvalue weighted by atomic mass is 127. The van der Waals surface area contributed by atoms with Gasteiger partial charge in [0.05, 0.1) is 0 Å². The standard InChI is InChI=1S/C8H15I2N/c1-3-5(2)8-7(10)6(9)4-11-8/h5-8,11H,3-4H2,1-2H3/t5?,6-,7-,8?/m1/s1. The lowest BCUT2D eigenvalue weighted by Crippen LogP contribution is -2.34. The van der Waals surface area contributed by atoms with Crippen LogP contribution in [0.1, 0.15) is 20.3 Å². The third-order valence-electron chi connectivity index (χ3n) is 2.49. The average Bonchev–Trinajstić information content (AvgIpc) is 2.32. The van der Waals surface area contributed by atoms with Gasteiger partial charge in [0.1, 0.15) is 0 Å². The van der Waals surface area contributed by atoms with Gasteiger partial charge in [0.25, 0.3) is 0 Å². The molecule has 1 saturated heterocycles. The summed E-state index contributed by atoms with van der Waals surface area (Å²) in [4.78, 5) is 0. The molecule has 3 heteroatoms. The third kappa shape index (κ3) is 2.43. The molecule has 66 valence electrons. The molecule has 0 aromatic heterocycles. The van der Waals surface area contributed by atoms with Gasteiger partial charge in [-0.05, 0) is 5.92 Å². The summed E-state index contributed by atoms with van der Waals surface area (Å²) in [5.41, 5.74) is 0. The smallest absolute Gasteiger partial charge is 0.0396 e. The molecule has 0 amide bonds. The lowest BCUT2D eigenvalue weighted by Gasteiger charge is -2.21. The van der Waals surface area contributed by atoms with Crippen molar-refractivity contribution in [3.8, 4) is 0 Å². The third-order valence-corrected chi connectivity index (χ3v) is 6.73. The Bertz CT molecular complexity index is 129. The highest BCUT2D eigenvalue weighted by Crippen LogP contribution is 2.29. The molecule has 0 radical (unpaired) electrons. The Labute approximate surface area is 96.4 Å². The lowest BCUT2D eigenvalue weighted by molar-refractivity contribution is 0.420. The molecule has 0 bridgehead atoms. The fourth-order valence-corrected chi connectivity index (χ4v) is 3.39. The summed E-state index contributed by atoms with van der Waals surface area (Å²) < 4.78 is 1.65. The maximum Gasteiger partial charge on any atom is 0.0396 e. The lowest BCUT2D eigenvalue weighted by atomic mass is 9.98. The Morgan fingerprint density at radius 3 is 2.55 bits per heavy atom. The summed E-state index contributed by atoms with van der Waals surface area (Å²) in [7, 11) is 0. The molecule has 0 aromatic carbocycles. The Morgan fingerprint density at radius 1 is 1.55 bits per heavy atom. The van der Waals surface area contributed by atoms with Gasteiger partial charge in [-0.25, -0.2) is 0 Å². The van der Waals surface area contributed by atoms with Gasteiger partial charge < -0.3 is 5.32 Å². The van der Waals surface area contributed by atoms with Gasteiger partial charge in [-0.3, -0.25) is 0 Å². The van der Waals surface area contributed by atoms with Crippen molar-refractivity contribution in [2.24, 2.45) is 5.92 Å². The Kier molecular flexibility index (Phi) is 4.39. The first-order chi connectivity index (χ1) is 5.16. The van der Waals surface area contributed by atoms with E-state index in [1.807, 2.05) is 0 Å². The van der Waals surface area contributed by atoms with E-state index in [2.05, 4.69) is 64.3 Å². The second-order valence-electron chi connectivity index (χ2n) is 3.28. The van der Waals surface area contributed by atoms with Crippen LogP contribution in [0.2, 0.25) is 0 Å². The quantitative estimate of drug-likeness (QED) is 0.575. The minimum absolute atomic E-state index is 0.752. The van der Waals surface area contributed by atoms with Crippen molar-refractivity contribution in [1.29, 1.82) is 0 Å². The van der Waals surface area contributed by atoms with Crippen LogP contribution in [0.4, 0.5) is 0 Å². The second kappa shape index (κ2) is 4.60. The Balaban J connectivity index is 2.47. The maximum atomic E-state index is 3.59. The number of rotatable bonds is 2. The minimum Gasteiger partial charge on any atom is -0.312 e. The molecule has 1 N–H and O–H groups in total. The first kappa shape index (κ1) is 10.5. The van der Waals surface area contributed by atoms with Crippen LogP contribution >= 0.6 is 45.2 Å². The molecule has 0 spiro atoms. The van der Waals surface area contributed by atoms with E-state index in [9.17, 15) is 0 Å². The van der Waals surface area contributed by atoms with E-state index >= 15 is 0 Å². The SMILES string of the molecule is CCC(C)C1NC[C@@H](I)[C@H]1I. The molecule has 1 fully saturated rings. The van der Waals surface area contributed by atoms with Crippen molar-refractivity contribution < 1.29 is 0 Å². The van der Waals surface area contributed by atoms with Crippen LogP contribution in [0.5, 0.6) is 0 Å². The van der Waals surface area contributed by atoms with Crippen LogP contribution in [0.3, 0.4) is 0 Å². The van der Waals surface area contributed by atoms with E-state index in [0.717, 1.165) is 19.8 Å². The van der Waals surface area contributed by atoms with Gasteiger partial charge in [-0.1, -0.05) is 65.5 Å². The molecule has 1 rings (SSSR count).